The van der Waals surface area contributed by atoms with Gasteiger partial charge in [-0.1, -0.05) is 17.8 Å². The lowest BCUT2D eigenvalue weighted by atomic mass is 10.0. The summed E-state index contributed by atoms with van der Waals surface area (Å²) < 4.78 is 1.24. The van der Waals surface area contributed by atoms with Crippen LogP contribution in [0.4, 0.5) is 10.8 Å². The molecule has 0 spiro atoms. The molecular weight excluding hydrogens is 354 g/mol. The van der Waals surface area contributed by atoms with Gasteiger partial charge < -0.3 is 14.7 Å². The van der Waals surface area contributed by atoms with E-state index in [1.54, 1.807) is 0 Å². The van der Waals surface area contributed by atoms with Gasteiger partial charge in [0.2, 0.25) is 0 Å². The van der Waals surface area contributed by atoms with Gasteiger partial charge in [0.05, 0.1) is 16.6 Å². The molecule has 6 heteroatoms. The zero-order chi connectivity index (χ0) is 18.2. The van der Waals surface area contributed by atoms with Crippen LogP contribution in [0.15, 0.2) is 12.3 Å². The largest absolute Gasteiger partial charge is 0.368 e. The van der Waals surface area contributed by atoms with E-state index in [0.29, 0.717) is 6.04 Å². The van der Waals surface area contributed by atoms with E-state index in [1.165, 1.54) is 73.6 Å². The fourth-order valence-electron chi connectivity index (χ4n) is 5.11. The van der Waals surface area contributed by atoms with Gasteiger partial charge in [-0.2, -0.15) is 4.98 Å². The third-order valence-corrected chi connectivity index (χ3v) is 7.80. The maximum atomic E-state index is 4.86. The van der Waals surface area contributed by atoms with Crippen molar-refractivity contribution in [1.82, 2.24) is 14.9 Å². The number of likely N-dealkylation sites (tertiary alicyclic amines) is 1. The molecule has 1 atom stereocenters. The van der Waals surface area contributed by atoms with Crippen molar-refractivity contribution in [3.63, 3.8) is 0 Å². The van der Waals surface area contributed by atoms with Gasteiger partial charge in [-0.05, 0) is 64.6 Å². The number of fused-ring (bicyclic) bond motifs is 1. The maximum absolute atomic E-state index is 4.86. The van der Waals surface area contributed by atoms with Gasteiger partial charge >= 0.3 is 0 Å². The van der Waals surface area contributed by atoms with Crippen molar-refractivity contribution >= 4 is 32.5 Å². The zero-order valence-corrected chi connectivity index (χ0v) is 17.3. The second-order valence-corrected chi connectivity index (χ2v) is 9.52. The van der Waals surface area contributed by atoms with E-state index in [2.05, 4.69) is 32.7 Å². The minimum absolute atomic E-state index is 0.630. The van der Waals surface area contributed by atoms with Gasteiger partial charge in [0.1, 0.15) is 0 Å². The Kier molecular flexibility index (Phi) is 4.94. The summed E-state index contributed by atoms with van der Waals surface area (Å²) in [7, 11) is 0. The molecule has 5 rings (SSSR count). The van der Waals surface area contributed by atoms with Crippen molar-refractivity contribution in [2.24, 2.45) is 0 Å². The average Bonchev–Trinajstić information content (AvgIpc) is 3.34. The minimum Gasteiger partial charge on any atom is -0.368 e. The third-order valence-electron chi connectivity index (χ3n) is 6.75. The summed E-state index contributed by atoms with van der Waals surface area (Å²) in [5, 5.41) is 1.17. The normalized spacial score (nSPS) is 25.6. The molecule has 0 bridgehead atoms. The Balaban J connectivity index is 1.28. The maximum Gasteiger partial charge on any atom is 0.188 e. The fourth-order valence-corrected chi connectivity index (χ4v) is 6.12. The molecule has 3 fully saturated rings. The number of hydrogen-bond acceptors (Lipinski definition) is 6. The molecule has 0 saturated carbocycles. The second kappa shape index (κ2) is 7.55. The Morgan fingerprint density at radius 3 is 2.52 bits per heavy atom. The summed E-state index contributed by atoms with van der Waals surface area (Å²) in [5.74, 6) is 0. The summed E-state index contributed by atoms with van der Waals surface area (Å²) in [6.45, 7) is 8.38. The standard InChI is InChI=1S/C21H31N5S/c1-16-6-5-11-26(16)18-14-19-20(22-15-18)23-21(27-19)25-12-7-17(8-13-25)24-9-3-2-4-10-24/h14-17H,2-13H2,1H3. The van der Waals surface area contributed by atoms with E-state index < -0.39 is 0 Å². The van der Waals surface area contributed by atoms with Crippen LogP contribution in [0.5, 0.6) is 0 Å². The van der Waals surface area contributed by atoms with Crippen molar-refractivity contribution < 1.29 is 0 Å². The highest BCUT2D eigenvalue weighted by Gasteiger charge is 2.27. The number of pyridine rings is 1. The monoisotopic (exact) mass is 385 g/mol. The van der Waals surface area contributed by atoms with Crippen molar-refractivity contribution in [2.75, 3.05) is 42.5 Å². The molecule has 5 heterocycles. The molecule has 0 N–H and O–H groups in total. The van der Waals surface area contributed by atoms with Crippen LogP contribution in [-0.2, 0) is 0 Å². The van der Waals surface area contributed by atoms with Crippen molar-refractivity contribution in [3.8, 4) is 0 Å². The molecule has 3 aliphatic rings. The highest BCUT2D eigenvalue weighted by Crippen LogP contribution is 2.34. The number of nitrogens with zero attached hydrogens (tertiary/aromatic N) is 5. The number of thiazole rings is 1. The lowest BCUT2D eigenvalue weighted by molar-refractivity contribution is 0.141. The fraction of sp³-hybridized carbons (Fsp3) is 0.714. The molecule has 3 saturated heterocycles. The summed E-state index contributed by atoms with van der Waals surface area (Å²) >= 11 is 1.83. The number of hydrogen-bond donors (Lipinski definition) is 0. The predicted octanol–water partition coefficient (Wildman–Crippen LogP) is 4.13. The average molecular weight is 386 g/mol. The van der Waals surface area contributed by atoms with Gasteiger partial charge in [0.25, 0.3) is 0 Å². The highest BCUT2D eigenvalue weighted by molar-refractivity contribution is 7.22. The molecule has 0 aliphatic carbocycles. The van der Waals surface area contributed by atoms with Gasteiger partial charge in [0, 0.05) is 31.7 Å². The van der Waals surface area contributed by atoms with Gasteiger partial charge in [-0.3, -0.25) is 0 Å². The quantitative estimate of drug-likeness (QED) is 0.794. The van der Waals surface area contributed by atoms with Crippen molar-refractivity contribution in [1.29, 1.82) is 0 Å². The molecule has 27 heavy (non-hydrogen) atoms. The van der Waals surface area contributed by atoms with Crippen LogP contribution >= 0.6 is 11.3 Å². The molecule has 0 amide bonds. The van der Waals surface area contributed by atoms with E-state index in [-0.39, 0.29) is 0 Å². The Bertz CT molecular complexity index is 776. The molecule has 2 aromatic heterocycles. The van der Waals surface area contributed by atoms with Crippen LogP contribution in [0.25, 0.3) is 10.3 Å². The Morgan fingerprint density at radius 1 is 0.963 bits per heavy atom. The van der Waals surface area contributed by atoms with Gasteiger partial charge in [0.15, 0.2) is 10.8 Å². The van der Waals surface area contributed by atoms with Crippen LogP contribution < -0.4 is 9.80 Å². The van der Waals surface area contributed by atoms with E-state index in [9.17, 15) is 0 Å². The van der Waals surface area contributed by atoms with Gasteiger partial charge in [-0.25, -0.2) is 4.98 Å². The SMILES string of the molecule is CC1CCCN1c1cnc2nc(N3CCC(N4CCCCC4)CC3)sc2c1. The first-order valence-corrected chi connectivity index (χ1v) is 11.6. The van der Waals surface area contributed by atoms with Crippen LogP contribution in [0, 0.1) is 0 Å². The number of piperidine rings is 2. The third kappa shape index (κ3) is 3.54. The first-order chi connectivity index (χ1) is 13.3. The van der Waals surface area contributed by atoms with E-state index in [4.69, 9.17) is 4.98 Å². The summed E-state index contributed by atoms with van der Waals surface area (Å²) in [4.78, 5) is 17.3. The van der Waals surface area contributed by atoms with E-state index >= 15 is 0 Å². The number of aromatic nitrogens is 2. The molecule has 3 aliphatic heterocycles. The predicted molar refractivity (Wildman–Crippen MR) is 114 cm³/mol. The number of anilines is 2. The zero-order valence-electron chi connectivity index (χ0n) is 16.4. The minimum atomic E-state index is 0.630. The molecule has 0 aromatic carbocycles. The van der Waals surface area contributed by atoms with Crippen LogP contribution in [0.3, 0.4) is 0 Å². The highest BCUT2D eigenvalue weighted by atomic mass is 32.1. The lowest BCUT2D eigenvalue weighted by Gasteiger charge is -2.40. The Hall–Kier alpha value is -1.40. The summed E-state index contributed by atoms with van der Waals surface area (Å²) in [6.07, 6.45) is 11.4. The topological polar surface area (TPSA) is 35.5 Å². The van der Waals surface area contributed by atoms with E-state index in [0.717, 1.165) is 31.3 Å². The number of rotatable bonds is 3. The molecular formula is C21H31N5S. The first-order valence-electron chi connectivity index (χ1n) is 10.8. The van der Waals surface area contributed by atoms with Crippen molar-refractivity contribution in [3.05, 3.63) is 12.3 Å². The van der Waals surface area contributed by atoms with E-state index in [1.807, 2.05) is 17.5 Å². The molecule has 1 unspecified atom stereocenters. The smallest absolute Gasteiger partial charge is 0.188 e. The van der Waals surface area contributed by atoms with Crippen LogP contribution in [-0.4, -0.2) is 59.7 Å². The Morgan fingerprint density at radius 2 is 1.78 bits per heavy atom. The summed E-state index contributed by atoms with van der Waals surface area (Å²) in [5.41, 5.74) is 2.19. The van der Waals surface area contributed by atoms with Crippen LogP contribution in [0.1, 0.15) is 51.9 Å². The molecule has 0 radical (unpaired) electrons. The molecule has 5 nitrogen and oxygen atoms in total. The van der Waals surface area contributed by atoms with Gasteiger partial charge in [-0.15, -0.1) is 0 Å². The second-order valence-electron chi connectivity index (χ2n) is 8.51. The Labute approximate surface area is 166 Å². The van der Waals surface area contributed by atoms with Crippen molar-refractivity contribution in [2.45, 2.75) is 64.0 Å². The lowest BCUT2D eigenvalue weighted by Crippen LogP contribution is -2.46. The molecule has 2 aromatic rings. The summed E-state index contributed by atoms with van der Waals surface area (Å²) in [6, 6.07) is 3.73. The molecule has 146 valence electrons. The first kappa shape index (κ1) is 17.7. The van der Waals surface area contributed by atoms with Crippen LogP contribution in [0.2, 0.25) is 0 Å².